The lowest BCUT2D eigenvalue weighted by molar-refractivity contribution is 0.448. The van der Waals surface area contributed by atoms with Crippen LogP contribution in [-0.4, -0.2) is 27.7 Å². The summed E-state index contributed by atoms with van der Waals surface area (Å²) in [6.45, 7) is 1.86. The van der Waals surface area contributed by atoms with E-state index in [4.69, 9.17) is 10.0 Å². The van der Waals surface area contributed by atoms with Crippen LogP contribution in [0.2, 0.25) is 0 Å². The van der Waals surface area contributed by atoms with E-state index in [9.17, 15) is 0 Å². The molecule has 0 fully saturated rings. The average Bonchev–Trinajstić information content (AvgIpc) is 1.91. The van der Waals surface area contributed by atoms with Gasteiger partial charge in [-0.1, -0.05) is 0 Å². The lowest BCUT2D eigenvalue weighted by Gasteiger charge is -1.81. The molecule has 0 amide bonds. The van der Waals surface area contributed by atoms with E-state index in [2.05, 4.69) is 9.97 Å². The average molecular weight is 140 g/mol. The molecule has 1 rings (SSSR count). The molecular formula is C5H9BN2O2. The fourth-order valence-corrected chi connectivity index (χ4v) is 0.374. The first-order chi connectivity index (χ1) is 4.81. The Kier molecular flexibility index (Phi) is 5.61. The van der Waals surface area contributed by atoms with Gasteiger partial charge in [0.1, 0.15) is 5.82 Å². The van der Waals surface area contributed by atoms with Crippen LogP contribution < -0.4 is 0 Å². The Morgan fingerprint density at radius 1 is 1.30 bits per heavy atom. The molecule has 0 aliphatic heterocycles. The minimum absolute atomic E-state index is 0.750. The van der Waals surface area contributed by atoms with E-state index in [0.717, 1.165) is 5.82 Å². The molecule has 0 saturated heterocycles. The molecule has 0 atom stereocenters. The van der Waals surface area contributed by atoms with Gasteiger partial charge in [0.2, 0.25) is 0 Å². The molecule has 0 saturated carbocycles. The Morgan fingerprint density at radius 2 is 1.70 bits per heavy atom. The number of aryl methyl sites for hydroxylation is 1. The van der Waals surface area contributed by atoms with Gasteiger partial charge >= 0.3 is 7.69 Å². The Balaban J connectivity index is 0.000000236. The van der Waals surface area contributed by atoms with Crippen molar-refractivity contribution in [1.29, 1.82) is 0 Å². The third kappa shape index (κ3) is 5.21. The van der Waals surface area contributed by atoms with E-state index < -0.39 is 7.69 Å². The summed E-state index contributed by atoms with van der Waals surface area (Å²) in [6.07, 6.45) is 3.45. The van der Waals surface area contributed by atoms with Gasteiger partial charge in [0.25, 0.3) is 0 Å². The van der Waals surface area contributed by atoms with E-state index in [0.29, 0.717) is 0 Å². The third-order valence-electron chi connectivity index (χ3n) is 0.695. The van der Waals surface area contributed by atoms with E-state index >= 15 is 0 Å². The third-order valence-corrected chi connectivity index (χ3v) is 0.695. The Hall–Kier alpha value is -0.935. The van der Waals surface area contributed by atoms with Gasteiger partial charge in [-0.3, -0.25) is 0 Å². The van der Waals surface area contributed by atoms with E-state index in [1.807, 2.05) is 6.92 Å². The zero-order chi connectivity index (χ0) is 7.82. The molecule has 1 aromatic rings. The van der Waals surface area contributed by atoms with Crippen LogP contribution in [0.4, 0.5) is 0 Å². The van der Waals surface area contributed by atoms with Crippen molar-refractivity contribution in [1.82, 2.24) is 9.97 Å². The number of aromatic nitrogens is 2. The topological polar surface area (TPSA) is 66.2 Å². The maximum absolute atomic E-state index is 7.12. The van der Waals surface area contributed by atoms with Gasteiger partial charge in [0.15, 0.2) is 0 Å². The van der Waals surface area contributed by atoms with Crippen LogP contribution in [0, 0.1) is 6.92 Å². The molecule has 1 aromatic heterocycles. The monoisotopic (exact) mass is 140 g/mol. The second-order valence-electron chi connectivity index (χ2n) is 1.44. The van der Waals surface area contributed by atoms with Crippen molar-refractivity contribution in [3.63, 3.8) is 0 Å². The lowest BCUT2D eigenvalue weighted by Crippen LogP contribution is -1.80. The van der Waals surface area contributed by atoms with Crippen LogP contribution in [0.3, 0.4) is 0 Å². The largest absolute Gasteiger partial charge is 0.432 e. The van der Waals surface area contributed by atoms with E-state index in [1.165, 1.54) is 0 Å². The van der Waals surface area contributed by atoms with Crippen LogP contribution in [0.15, 0.2) is 18.5 Å². The maximum atomic E-state index is 7.12. The van der Waals surface area contributed by atoms with Crippen molar-refractivity contribution < 1.29 is 10.0 Å². The molecule has 0 spiro atoms. The summed E-state index contributed by atoms with van der Waals surface area (Å²) in [5.74, 6) is 0.822. The molecule has 4 nitrogen and oxygen atoms in total. The SMILES string of the molecule is Cc1ncccn1.OBO. The van der Waals surface area contributed by atoms with Crippen LogP contribution in [0.5, 0.6) is 0 Å². The lowest BCUT2D eigenvalue weighted by atomic mass is 10.5. The van der Waals surface area contributed by atoms with Crippen LogP contribution >= 0.6 is 0 Å². The van der Waals surface area contributed by atoms with Crippen molar-refractivity contribution in [2.75, 3.05) is 0 Å². The van der Waals surface area contributed by atoms with Gasteiger partial charge in [0.05, 0.1) is 0 Å². The van der Waals surface area contributed by atoms with Crippen LogP contribution in [0.1, 0.15) is 5.82 Å². The highest BCUT2D eigenvalue weighted by molar-refractivity contribution is 6.13. The predicted molar refractivity (Wildman–Crippen MR) is 38.4 cm³/mol. The minimum atomic E-state index is -0.750. The van der Waals surface area contributed by atoms with Crippen molar-refractivity contribution in [2.24, 2.45) is 0 Å². The fourth-order valence-electron chi connectivity index (χ4n) is 0.374. The highest BCUT2D eigenvalue weighted by atomic mass is 16.4. The summed E-state index contributed by atoms with van der Waals surface area (Å²) >= 11 is 0. The smallest absolute Gasteiger partial charge is 0.430 e. The molecule has 0 radical (unpaired) electrons. The van der Waals surface area contributed by atoms with Crippen molar-refractivity contribution in [3.05, 3.63) is 24.3 Å². The summed E-state index contributed by atoms with van der Waals surface area (Å²) in [6, 6.07) is 1.80. The van der Waals surface area contributed by atoms with Crippen LogP contribution in [-0.2, 0) is 0 Å². The van der Waals surface area contributed by atoms with Crippen molar-refractivity contribution in [2.45, 2.75) is 6.92 Å². The second-order valence-corrected chi connectivity index (χ2v) is 1.44. The molecule has 0 bridgehead atoms. The molecule has 2 N–H and O–H groups in total. The minimum Gasteiger partial charge on any atom is -0.430 e. The van der Waals surface area contributed by atoms with E-state index in [1.54, 1.807) is 18.5 Å². The highest BCUT2D eigenvalue weighted by Crippen LogP contribution is 1.78. The quantitative estimate of drug-likeness (QED) is 0.454. The molecule has 10 heavy (non-hydrogen) atoms. The first-order valence-electron chi connectivity index (χ1n) is 2.76. The summed E-state index contributed by atoms with van der Waals surface area (Å²) in [4.78, 5) is 7.74. The zero-order valence-corrected chi connectivity index (χ0v) is 5.73. The predicted octanol–water partition coefficient (Wildman–Crippen LogP) is -0.977. The zero-order valence-electron chi connectivity index (χ0n) is 5.73. The van der Waals surface area contributed by atoms with Gasteiger partial charge in [0, 0.05) is 12.4 Å². The molecule has 5 heteroatoms. The Bertz CT molecular complexity index is 159. The molecule has 0 aliphatic rings. The first kappa shape index (κ1) is 9.06. The highest BCUT2D eigenvalue weighted by Gasteiger charge is 1.74. The number of nitrogens with zero attached hydrogens (tertiary/aromatic N) is 2. The summed E-state index contributed by atoms with van der Waals surface area (Å²) < 4.78 is 0. The molecule has 0 aromatic carbocycles. The van der Waals surface area contributed by atoms with Crippen molar-refractivity contribution in [3.8, 4) is 0 Å². The number of hydrogen-bond donors (Lipinski definition) is 2. The van der Waals surface area contributed by atoms with Gasteiger partial charge in [-0.2, -0.15) is 0 Å². The van der Waals surface area contributed by atoms with E-state index in [-0.39, 0.29) is 0 Å². The second kappa shape index (κ2) is 6.19. The van der Waals surface area contributed by atoms with Gasteiger partial charge in [-0.25, -0.2) is 9.97 Å². The van der Waals surface area contributed by atoms with Gasteiger partial charge in [-0.05, 0) is 13.0 Å². The standard InChI is InChI=1S/C5H6N2.BH3O2/c1-5-6-3-2-4-7-5;2-1-3/h2-4H,1H3;1-3H. The molecule has 0 unspecified atom stereocenters. The van der Waals surface area contributed by atoms with Gasteiger partial charge in [-0.15, -0.1) is 0 Å². The maximum Gasteiger partial charge on any atom is 0.432 e. The molecule has 54 valence electrons. The normalized spacial score (nSPS) is 7.50. The van der Waals surface area contributed by atoms with Crippen molar-refractivity contribution >= 4 is 7.69 Å². The van der Waals surface area contributed by atoms with Crippen LogP contribution in [0.25, 0.3) is 0 Å². The van der Waals surface area contributed by atoms with Gasteiger partial charge < -0.3 is 10.0 Å². The Morgan fingerprint density at radius 3 is 1.90 bits per heavy atom. The fraction of sp³-hybridized carbons (Fsp3) is 0.200. The summed E-state index contributed by atoms with van der Waals surface area (Å²) in [5, 5.41) is 14.2. The number of hydrogen-bond acceptors (Lipinski definition) is 4. The summed E-state index contributed by atoms with van der Waals surface area (Å²) in [7, 11) is -0.750. The molecule has 0 aliphatic carbocycles. The molecular weight excluding hydrogens is 131 g/mol. The summed E-state index contributed by atoms with van der Waals surface area (Å²) in [5.41, 5.74) is 0. The number of rotatable bonds is 0. The molecule has 1 heterocycles. The first-order valence-corrected chi connectivity index (χ1v) is 2.76. The Labute approximate surface area is 59.9 Å².